The zero-order chi connectivity index (χ0) is 24.0. The highest BCUT2D eigenvalue weighted by Crippen LogP contribution is 2.31. The molecule has 0 spiro atoms. The highest BCUT2D eigenvalue weighted by Gasteiger charge is 2.19. The van der Waals surface area contributed by atoms with E-state index in [0.717, 1.165) is 47.5 Å². The summed E-state index contributed by atoms with van der Waals surface area (Å²) < 4.78 is 15.8. The topological polar surface area (TPSA) is 98.5 Å². The van der Waals surface area contributed by atoms with Gasteiger partial charge in [0.2, 0.25) is 0 Å². The number of hydrogen-bond acceptors (Lipinski definition) is 6. The molecule has 0 atom stereocenters. The maximum atomic E-state index is 14.1. The number of benzene rings is 1. The number of nitrogens with one attached hydrogen (secondary N) is 1. The first-order valence-electron chi connectivity index (χ1n) is 11.5. The van der Waals surface area contributed by atoms with Crippen molar-refractivity contribution >= 4 is 17.6 Å². The molecule has 0 aliphatic heterocycles. The first kappa shape index (κ1) is 22.5. The van der Waals surface area contributed by atoms with Crippen LogP contribution in [-0.2, 0) is 25.9 Å². The van der Waals surface area contributed by atoms with Gasteiger partial charge in [0, 0.05) is 30.3 Å². The summed E-state index contributed by atoms with van der Waals surface area (Å²) in [5.41, 5.74) is 5.39. The number of aryl methyl sites for hydroxylation is 2. The molecule has 1 N–H and O–H groups in total. The van der Waals surface area contributed by atoms with E-state index >= 15 is 0 Å². The van der Waals surface area contributed by atoms with Crippen LogP contribution in [0.1, 0.15) is 51.5 Å². The van der Waals surface area contributed by atoms with Crippen molar-refractivity contribution in [2.24, 2.45) is 0 Å². The molecule has 176 valence electrons. The van der Waals surface area contributed by atoms with Crippen LogP contribution >= 0.6 is 0 Å². The average molecular weight is 470 g/mol. The van der Waals surface area contributed by atoms with Crippen LogP contribution in [0.15, 0.2) is 60.9 Å². The van der Waals surface area contributed by atoms with Gasteiger partial charge in [0.25, 0.3) is 5.91 Å². The van der Waals surface area contributed by atoms with Gasteiger partial charge in [-0.2, -0.15) is 10.2 Å². The van der Waals surface area contributed by atoms with Crippen LogP contribution < -0.4 is 5.32 Å². The molecule has 1 aliphatic rings. The number of fused-ring (bicyclic) bond motifs is 1. The Morgan fingerprint density at radius 1 is 1.03 bits per heavy atom. The van der Waals surface area contributed by atoms with Gasteiger partial charge in [0.15, 0.2) is 5.69 Å². The van der Waals surface area contributed by atoms with Crippen LogP contribution in [-0.4, -0.2) is 36.1 Å². The molecule has 0 bridgehead atoms. The SMILES string of the molecule is O=C(NCc1ccccn1)c1cn(CCCCc2cc3c(nn2)CC(c2ccccc2F)=C3)nn1. The second kappa shape index (κ2) is 10.3. The zero-order valence-corrected chi connectivity index (χ0v) is 19.1. The Balaban J connectivity index is 1.10. The molecule has 0 radical (unpaired) electrons. The minimum Gasteiger partial charge on any atom is -0.345 e. The van der Waals surface area contributed by atoms with Crippen LogP contribution in [0, 0.1) is 5.82 Å². The third-order valence-electron chi connectivity index (χ3n) is 5.86. The highest BCUT2D eigenvalue weighted by atomic mass is 19.1. The van der Waals surface area contributed by atoms with Crippen LogP contribution in [0.2, 0.25) is 0 Å². The lowest BCUT2D eigenvalue weighted by Crippen LogP contribution is -2.23. The van der Waals surface area contributed by atoms with Crippen molar-refractivity contribution in [3.05, 3.63) is 101 Å². The predicted octanol–water partition coefficient (Wildman–Crippen LogP) is 3.65. The quantitative estimate of drug-likeness (QED) is 0.376. The van der Waals surface area contributed by atoms with Crippen LogP contribution in [0.25, 0.3) is 11.6 Å². The van der Waals surface area contributed by atoms with Crippen molar-refractivity contribution in [1.29, 1.82) is 0 Å². The van der Waals surface area contributed by atoms with Gasteiger partial charge in [0.05, 0.1) is 29.8 Å². The Kier molecular flexibility index (Phi) is 6.65. The number of pyridine rings is 1. The number of carbonyl (C=O) groups is 1. The smallest absolute Gasteiger partial charge is 0.273 e. The van der Waals surface area contributed by atoms with E-state index in [1.807, 2.05) is 36.4 Å². The molecule has 0 fully saturated rings. The van der Waals surface area contributed by atoms with Crippen molar-refractivity contribution < 1.29 is 9.18 Å². The first-order chi connectivity index (χ1) is 17.2. The van der Waals surface area contributed by atoms with Gasteiger partial charge in [0.1, 0.15) is 5.82 Å². The lowest BCUT2D eigenvalue weighted by Gasteiger charge is -2.04. The number of rotatable bonds is 9. The summed E-state index contributed by atoms with van der Waals surface area (Å²) in [7, 11) is 0. The summed E-state index contributed by atoms with van der Waals surface area (Å²) in [5.74, 6) is -0.500. The highest BCUT2D eigenvalue weighted by molar-refractivity contribution is 5.91. The molecule has 35 heavy (non-hydrogen) atoms. The monoisotopic (exact) mass is 469 g/mol. The number of halogens is 1. The maximum Gasteiger partial charge on any atom is 0.273 e. The van der Waals surface area contributed by atoms with Gasteiger partial charge in [-0.1, -0.05) is 29.5 Å². The molecule has 0 saturated heterocycles. The number of carbonyl (C=O) groups excluding carboxylic acids is 1. The van der Waals surface area contributed by atoms with E-state index in [-0.39, 0.29) is 17.4 Å². The lowest BCUT2D eigenvalue weighted by molar-refractivity contribution is 0.0945. The third kappa shape index (κ3) is 5.46. The van der Waals surface area contributed by atoms with E-state index < -0.39 is 0 Å². The second-order valence-electron chi connectivity index (χ2n) is 8.39. The summed E-state index contributed by atoms with van der Waals surface area (Å²) in [6.45, 7) is 0.988. The standard InChI is InChI=1S/C26H24FN7O/c27-23-10-2-1-9-22(23)18-13-19-14-20(30-31-24(19)15-18)7-4-6-12-34-17-25(32-33-34)26(35)29-16-21-8-3-5-11-28-21/h1-3,5,8-11,13-14,17H,4,6-7,12,15-16H2,(H,29,35). The van der Waals surface area contributed by atoms with Crippen molar-refractivity contribution in [3.63, 3.8) is 0 Å². The molecule has 5 rings (SSSR count). The Morgan fingerprint density at radius 2 is 1.91 bits per heavy atom. The van der Waals surface area contributed by atoms with E-state index in [0.29, 0.717) is 25.1 Å². The fraction of sp³-hybridized carbons (Fsp3) is 0.231. The molecule has 9 heteroatoms. The van der Waals surface area contributed by atoms with Crippen LogP contribution in [0.5, 0.6) is 0 Å². The summed E-state index contributed by atoms with van der Waals surface area (Å²) in [6, 6.07) is 14.4. The van der Waals surface area contributed by atoms with Gasteiger partial charge in [-0.25, -0.2) is 4.39 Å². The number of unbranched alkanes of at least 4 members (excludes halogenated alkanes) is 1. The summed E-state index contributed by atoms with van der Waals surface area (Å²) in [4.78, 5) is 16.5. The minimum atomic E-state index is -0.280. The third-order valence-corrected chi connectivity index (χ3v) is 5.86. The summed E-state index contributed by atoms with van der Waals surface area (Å²) >= 11 is 0. The van der Waals surface area contributed by atoms with Crippen molar-refractivity contribution in [2.45, 2.75) is 38.8 Å². The van der Waals surface area contributed by atoms with E-state index in [1.165, 1.54) is 6.07 Å². The molecule has 1 aliphatic carbocycles. The molecule has 0 saturated carbocycles. The molecule has 3 aromatic heterocycles. The number of allylic oxidation sites excluding steroid dienone is 1. The Labute approximate surface area is 201 Å². The fourth-order valence-corrected chi connectivity index (χ4v) is 4.03. The first-order valence-corrected chi connectivity index (χ1v) is 11.5. The maximum absolute atomic E-state index is 14.1. The normalized spacial score (nSPS) is 12.3. The van der Waals surface area contributed by atoms with Crippen LogP contribution in [0.3, 0.4) is 0 Å². The van der Waals surface area contributed by atoms with Gasteiger partial charge < -0.3 is 5.32 Å². The van der Waals surface area contributed by atoms with Gasteiger partial charge >= 0.3 is 0 Å². The van der Waals surface area contributed by atoms with Gasteiger partial charge in [-0.3, -0.25) is 14.5 Å². The summed E-state index contributed by atoms with van der Waals surface area (Å²) in [6.07, 6.45) is 8.44. The molecule has 1 amide bonds. The molecule has 0 unspecified atom stereocenters. The Morgan fingerprint density at radius 3 is 2.77 bits per heavy atom. The molecule has 8 nitrogen and oxygen atoms in total. The summed E-state index contributed by atoms with van der Waals surface area (Å²) in [5, 5.41) is 19.5. The van der Waals surface area contributed by atoms with E-state index in [1.54, 1.807) is 29.2 Å². The fourth-order valence-electron chi connectivity index (χ4n) is 4.03. The largest absolute Gasteiger partial charge is 0.345 e. The average Bonchev–Trinajstić information content (AvgIpc) is 3.53. The number of hydrogen-bond donors (Lipinski definition) is 1. The van der Waals surface area contributed by atoms with Gasteiger partial charge in [-0.05, 0) is 55.2 Å². The molecular weight excluding hydrogens is 445 g/mol. The molecular formula is C26H24FN7O. The van der Waals surface area contributed by atoms with E-state index in [9.17, 15) is 9.18 Å². The van der Waals surface area contributed by atoms with Crippen LogP contribution in [0.4, 0.5) is 4.39 Å². The lowest BCUT2D eigenvalue weighted by atomic mass is 10.0. The van der Waals surface area contributed by atoms with Crippen molar-refractivity contribution in [2.75, 3.05) is 0 Å². The Bertz CT molecular complexity index is 1370. The molecule has 4 aromatic rings. The molecule has 1 aromatic carbocycles. The van der Waals surface area contributed by atoms with E-state index in [4.69, 9.17) is 0 Å². The number of nitrogens with zero attached hydrogens (tertiary/aromatic N) is 6. The number of amides is 1. The van der Waals surface area contributed by atoms with Gasteiger partial charge in [-0.15, -0.1) is 5.10 Å². The second-order valence-corrected chi connectivity index (χ2v) is 8.39. The number of aromatic nitrogens is 6. The minimum absolute atomic E-state index is 0.221. The zero-order valence-electron chi connectivity index (χ0n) is 19.1. The predicted molar refractivity (Wildman–Crippen MR) is 128 cm³/mol. The van der Waals surface area contributed by atoms with Crippen molar-refractivity contribution in [1.82, 2.24) is 35.5 Å². The molecule has 3 heterocycles. The Hall–Kier alpha value is -4.27. The van der Waals surface area contributed by atoms with Crippen molar-refractivity contribution in [3.8, 4) is 0 Å². The van der Waals surface area contributed by atoms with E-state index in [2.05, 4.69) is 30.8 Å².